The Bertz CT molecular complexity index is 451. The Balaban J connectivity index is 3.13. The van der Waals surface area contributed by atoms with Gasteiger partial charge in [-0.05, 0) is 0 Å². The molecule has 0 aliphatic rings. The van der Waals surface area contributed by atoms with Gasteiger partial charge in [-0.25, -0.2) is 9.78 Å². The van der Waals surface area contributed by atoms with Crippen LogP contribution in [-0.4, -0.2) is 37.9 Å². The second-order valence-electron chi connectivity index (χ2n) is 3.22. The van der Waals surface area contributed by atoms with Gasteiger partial charge in [0.25, 0.3) is 5.69 Å². The van der Waals surface area contributed by atoms with E-state index in [0.29, 0.717) is 0 Å². The van der Waals surface area contributed by atoms with E-state index in [-0.39, 0.29) is 28.1 Å². The van der Waals surface area contributed by atoms with E-state index in [4.69, 9.17) is 10.2 Å². The molecule has 1 unspecified atom stereocenters. The van der Waals surface area contributed by atoms with E-state index in [1.165, 1.54) is 0 Å². The fourth-order valence-corrected chi connectivity index (χ4v) is 1.86. The van der Waals surface area contributed by atoms with Crippen molar-refractivity contribution in [2.45, 2.75) is 17.2 Å². The average molecular weight is 258 g/mol. The molecule has 1 rings (SSSR count). The summed E-state index contributed by atoms with van der Waals surface area (Å²) in [7, 11) is 0. The minimum absolute atomic E-state index is 0.137. The normalized spacial score (nSPS) is 12.1. The molecule has 0 bridgehead atoms. The molecule has 92 valence electrons. The average Bonchev–Trinajstić information content (AvgIpc) is 2.28. The van der Waals surface area contributed by atoms with Crippen molar-refractivity contribution in [3.8, 4) is 0 Å². The Hall–Kier alpha value is -1.67. The first-order chi connectivity index (χ1) is 7.95. The molecule has 0 aliphatic carbocycles. The van der Waals surface area contributed by atoms with Crippen molar-refractivity contribution in [1.29, 1.82) is 0 Å². The molecule has 0 fully saturated rings. The maximum atomic E-state index is 10.9. The summed E-state index contributed by atoms with van der Waals surface area (Å²) in [5, 5.41) is 28.2. The van der Waals surface area contributed by atoms with Crippen molar-refractivity contribution in [2.24, 2.45) is 0 Å². The zero-order chi connectivity index (χ0) is 13.0. The molecule has 2 N–H and O–H groups in total. The van der Waals surface area contributed by atoms with Gasteiger partial charge in [-0.2, -0.15) is 0 Å². The Kier molecular flexibility index (Phi) is 4.41. The van der Waals surface area contributed by atoms with Gasteiger partial charge in [0.15, 0.2) is 0 Å². The monoisotopic (exact) mass is 258 g/mol. The number of aromatic carboxylic acids is 1. The lowest BCUT2D eigenvalue weighted by atomic mass is 10.3. The molecule has 0 aromatic carbocycles. The SMILES string of the molecule is CC(CO)Sc1ncc([N+](=O)[O-])cc1C(=O)O. The highest BCUT2D eigenvalue weighted by Gasteiger charge is 2.19. The van der Waals surface area contributed by atoms with Crippen molar-refractivity contribution in [1.82, 2.24) is 4.98 Å². The zero-order valence-corrected chi connectivity index (χ0v) is 9.68. The molecular formula is C9H10N2O5S. The third-order valence-electron chi connectivity index (χ3n) is 1.85. The van der Waals surface area contributed by atoms with E-state index in [1.54, 1.807) is 6.92 Å². The molecule has 17 heavy (non-hydrogen) atoms. The molecule has 1 atom stereocenters. The van der Waals surface area contributed by atoms with Crippen molar-refractivity contribution in [3.63, 3.8) is 0 Å². The van der Waals surface area contributed by atoms with Gasteiger partial charge in [-0.3, -0.25) is 10.1 Å². The number of hydrogen-bond acceptors (Lipinski definition) is 6. The number of hydrogen-bond donors (Lipinski definition) is 2. The molecule has 8 heteroatoms. The molecule has 7 nitrogen and oxygen atoms in total. The standard InChI is InChI=1S/C9H10N2O5S/c1-5(4-12)17-8-7(9(13)14)2-6(3-10-8)11(15)16/h2-3,5,12H,4H2,1H3,(H,13,14). The Labute approximate surface area is 101 Å². The van der Waals surface area contributed by atoms with E-state index in [9.17, 15) is 14.9 Å². The third kappa shape index (κ3) is 3.40. The third-order valence-corrected chi connectivity index (χ3v) is 2.95. The lowest BCUT2D eigenvalue weighted by Crippen LogP contribution is -2.07. The summed E-state index contributed by atoms with van der Waals surface area (Å²) in [6, 6.07) is 0.960. The van der Waals surface area contributed by atoms with E-state index in [1.807, 2.05) is 0 Å². The minimum Gasteiger partial charge on any atom is -0.478 e. The maximum Gasteiger partial charge on any atom is 0.338 e. The number of rotatable bonds is 5. The van der Waals surface area contributed by atoms with Crippen LogP contribution >= 0.6 is 11.8 Å². The number of carboxylic acid groups (broad SMARTS) is 1. The van der Waals surface area contributed by atoms with Gasteiger partial charge in [0, 0.05) is 11.3 Å². The lowest BCUT2D eigenvalue weighted by Gasteiger charge is -2.08. The van der Waals surface area contributed by atoms with E-state index in [2.05, 4.69) is 4.98 Å². The fourth-order valence-electron chi connectivity index (χ4n) is 1.02. The first-order valence-corrected chi connectivity index (χ1v) is 5.49. The van der Waals surface area contributed by atoms with Crippen molar-refractivity contribution in [3.05, 3.63) is 27.9 Å². The summed E-state index contributed by atoms with van der Waals surface area (Å²) >= 11 is 1.05. The van der Waals surface area contributed by atoms with Crippen LogP contribution in [0.3, 0.4) is 0 Å². The second kappa shape index (κ2) is 5.60. The summed E-state index contributed by atoms with van der Waals surface area (Å²) in [5.74, 6) is -1.28. The van der Waals surface area contributed by atoms with E-state index < -0.39 is 10.9 Å². The summed E-state index contributed by atoms with van der Waals surface area (Å²) < 4.78 is 0. The van der Waals surface area contributed by atoms with Gasteiger partial charge in [0.2, 0.25) is 0 Å². The first-order valence-electron chi connectivity index (χ1n) is 4.61. The molecule has 0 saturated heterocycles. The van der Waals surface area contributed by atoms with Crippen LogP contribution in [0.2, 0.25) is 0 Å². The number of carboxylic acids is 1. The summed E-state index contributed by atoms with van der Waals surface area (Å²) in [6.07, 6.45) is 0.999. The van der Waals surface area contributed by atoms with Crippen molar-refractivity contribution >= 4 is 23.4 Å². The van der Waals surface area contributed by atoms with Gasteiger partial charge in [-0.1, -0.05) is 6.92 Å². The molecule has 1 heterocycles. The maximum absolute atomic E-state index is 10.9. The molecule has 0 amide bonds. The summed E-state index contributed by atoms with van der Waals surface area (Å²) in [6.45, 7) is 1.56. The molecule has 0 spiro atoms. The Morgan fingerprint density at radius 1 is 1.71 bits per heavy atom. The topological polar surface area (TPSA) is 114 Å². The number of carbonyl (C=O) groups is 1. The highest BCUT2D eigenvalue weighted by atomic mass is 32.2. The second-order valence-corrected chi connectivity index (χ2v) is 4.65. The number of aliphatic hydroxyl groups is 1. The molecule has 1 aromatic rings. The van der Waals surface area contributed by atoms with Crippen molar-refractivity contribution in [2.75, 3.05) is 6.61 Å². The van der Waals surface area contributed by atoms with Crippen molar-refractivity contribution < 1.29 is 19.9 Å². The molecule has 0 radical (unpaired) electrons. The molecule has 0 aliphatic heterocycles. The van der Waals surface area contributed by atoms with E-state index >= 15 is 0 Å². The van der Waals surface area contributed by atoms with Gasteiger partial charge < -0.3 is 10.2 Å². The van der Waals surface area contributed by atoms with Crippen LogP contribution in [0.25, 0.3) is 0 Å². The predicted molar refractivity (Wildman–Crippen MR) is 60.3 cm³/mol. The van der Waals surface area contributed by atoms with Gasteiger partial charge in [0.05, 0.1) is 17.1 Å². The smallest absolute Gasteiger partial charge is 0.338 e. The number of nitrogens with zero attached hydrogens (tertiary/aromatic N) is 2. The number of pyridine rings is 1. The van der Waals surface area contributed by atoms with Gasteiger partial charge >= 0.3 is 5.97 Å². The van der Waals surface area contributed by atoms with Crippen LogP contribution in [-0.2, 0) is 0 Å². The van der Waals surface area contributed by atoms with Crippen LogP contribution in [0, 0.1) is 10.1 Å². The predicted octanol–water partition coefficient (Wildman–Crippen LogP) is 1.16. The van der Waals surface area contributed by atoms with Gasteiger partial charge in [0.1, 0.15) is 11.2 Å². The van der Waals surface area contributed by atoms with Crippen LogP contribution in [0.15, 0.2) is 17.3 Å². The highest BCUT2D eigenvalue weighted by Crippen LogP contribution is 2.27. The quantitative estimate of drug-likeness (QED) is 0.462. The highest BCUT2D eigenvalue weighted by molar-refractivity contribution is 7.99. The van der Waals surface area contributed by atoms with Crippen LogP contribution < -0.4 is 0 Å². The number of aliphatic hydroxyl groups excluding tert-OH is 1. The number of aromatic nitrogens is 1. The fraction of sp³-hybridized carbons (Fsp3) is 0.333. The minimum atomic E-state index is -1.28. The van der Waals surface area contributed by atoms with Crippen LogP contribution in [0.1, 0.15) is 17.3 Å². The van der Waals surface area contributed by atoms with Gasteiger partial charge in [-0.15, -0.1) is 11.8 Å². The molecule has 1 aromatic heterocycles. The number of thioether (sulfide) groups is 1. The number of nitro groups is 1. The Morgan fingerprint density at radius 2 is 2.35 bits per heavy atom. The Morgan fingerprint density at radius 3 is 2.82 bits per heavy atom. The largest absolute Gasteiger partial charge is 0.478 e. The van der Waals surface area contributed by atoms with E-state index in [0.717, 1.165) is 24.0 Å². The molecular weight excluding hydrogens is 248 g/mol. The zero-order valence-electron chi connectivity index (χ0n) is 8.86. The summed E-state index contributed by atoms with van der Waals surface area (Å²) in [4.78, 5) is 24.5. The molecule has 0 saturated carbocycles. The first kappa shape index (κ1) is 13.4. The summed E-state index contributed by atoms with van der Waals surface area (Å²) in [5.41, 5.74) is -0.604. The lowest BCUT2D eigenvalue weighted by molar-refractivity contribution is -0.385. The van der Waals surface area contributed by atoms with Crippen LogP contribution in [0.4, 0.5) is 5.69 Å². The van der Waals surface area contributed by atoms with Crippen LogP contribution in [0.5, 0.6) is 0 Å².